The Balaban J connectivity index is 1.11. The van der Waals surface area contributed by atoms with Crippen LogP contribution in [-0.2, 0) is 9.59 Å². The van der Waals surface area contributed by atoms with Gasteiger partial charge in [0.05, 0.1) is 17.9 Å². The van der Waals surface area contributed by atoms with Crippen LogP contribution in [0.3, 0.4) is 0 Å². The number of rotatable bonds is 2. The van der Waals surface area contributed by atoms with E-state index in [1.165, 1.54) is 0 Å². The Morgan fingerprint density at radius 1 is 1.00 bits per heavy atom. The molecule has 4 aliphatic rings. The summed E-state index contributed by atoms with van der Waals surface area (Å²) in [7, 11) is 0. The molecule has 0 aliphatic carbocycles. The smallest absolute Gasteiger partial charge is 0.231 e. The molecule has 176 valence electrons. The molecule has 1 atom stereocenters. The van der Waals surface area contributed by atoms with Gasteiger partial charge in [0.1, 0.15) is 11.4 Å². The SMILES string of the molecule is O=C1CC2(CCN(C(=O)C3CC(=O)N(c4ccc5c(c4)OCO5)C3)CC2)Oc2ccc(Cl)cc21. The topological polar surface area (TPSA) is 85.4 Å². The highest BCUT2D eigenvalue weighted by Gasteiger charge is 2.45. The van der Waals surface area contributed by atoms with Crippen LogP contribution < -0.4 is 19.1 Å². The van der Waals surface area contributed by atoms with Crippen molar-refractivity contribution in [1.29, 1.82) is 0 Å². The molecule has 0 bridgehead atoms. The molecule has 0 N–H and O–H groups in total. The molecule has 0 radical (unpaired) electrons. The Kier molecular flexibility index (Phi) is 4.95. The lowest BCUT2D eigenvalue weighted by molar-refractivity contribution is -0.139. The number of fused-ring (bicyclic) bond motifs is 2. The van der Waals surface area contributed by atoms with Crippen molar-refractivity contribution in [1.82, 2.24) is 4.90 Å². The Labute approximate surface area is 201 Å². The molecule has 0 saturated carbocycles. The van der Waals surface area contributed by atoms with E-state index >= 15 is 0 Å². The minimum absolute atomic E-state index is 0.0179. The normalized spacial score (nSPS) is 22.7. The Bertz CT molecular complexity index is 1210. The van der Waals surface area contributed by atoms with Crippen LogP contribution in [0.15, 0.2) is 36.4 Å². The summed E-state index contributed by atoms with van der Waals surface area (Å²) in [6, 6.07) is 10.5. The first kappa shape index (κ1) is 21.3. The number of nitrogens with zero attached hydrogens (tertiary/aromatic N) is 2. The van der Waals surface area contributed by atoms with Crippen molar-refractivity contribution in [2.45, 2.75) is 31.3 Å². The van der Waals surface area contributed by atoms with E-state index in [-0.39, 0.29) is 37.2 Å². The van der Waals surface area contributed by atoms with Crippen molar-refractivity contribution < 1.29 is 28.6 Å². The van der Waals surface area contributed by atoms with E-state index in [4.69, 9.17) is 25.8 Å². The second kappa shape index (κ2) is 7.91. The zero-order chi connectivity index (χ0) is 23.4. The highest BCUT2D eigenvalue weighted by atomic mass is 35.5. The maximum absolute atomic E-state index is 13.3. The number of hydrogen-bond acceptors (Lipinski definition) is 6. The summed E-state index contributed by atoms with van der Waals surface area (Å²) in [6.07, 6.45) is 1.60. The molecular weight excluding hydrogens is 460 g/mol. The van der Waals surface area contributed by atoms with E-state index in [0.29, 0.717) is 66.0 Å². The molecule has 34 heavy (non-hydrogen) atoms. The number of carbonyl (C=O) groups is 3. The van der Waals surface area contributed by atoms with Gasteiger partial charge in [0, 0.05) is 55.7 Å². The summed E-state index contributed by atoms with van der Waals surface area (Å²) in [5, 5.41) is 0.507. The lowest BCUT2D eigenvalue weighted by atomic mass is 9.82. The molecule has 8 nitrogen and oxygen atoms in total. The van der Waals surface area contributed by atoms with Gasteiger partial charge in [0.15, 0.2) is 17.3 Å². The van der Waals surface area contributed by atoms with Crippen LogP contribution in [-0.4, -0.2) is 54.5 Å². The molecular formula is C25H23ClN2O6. The monoisotopic (exact) mass is 482 g/mol. The molecule has 2 aromatic rings. The van der Waals surface area contributed by atoms with E-state index in [2.05, 4.69) is 0 Å². The molecule has 6 rings (SSSR count). The van der Waals surface area contributed by atoms with Crippen molar-refractivity contribution in [2.75, 3.05) is 31.3 Å². The lowest BCUT2D eigenvalue weighted by Crippen LogP contribution is -2.53. The second-order valence-electron chi connectivity index (χ2n) is 9.29. The number of likely N-dealkylation sites (tertiary alicyclic amines) is 1. The molecule has 2 saturated heterocycles. The Morgan fingerprint density at radius 3 is 2.59 bits per heavy atom. The highest BCUT2D eigenvalue weighted by Crippen LogP contribution is 2.41. The van der Waals surface area contributed by atoms with Crippen LogP contribution in [0.4, 0.5) is 5.69 Å². The first-order valence-electron chi connectivity index (χ1n) is 11.4. The number of hydrogen-bond donors (Lipinski definition) is 0. The third-order valence-electron chi connectivity index (χ3n) is 7.18. The summed E-state index contributed by atoms with van der Waals surface area (Å²) in [5.41, 5.74) is 0.623. The standard InChI is InChI=1S/C25H23ClN2O6/c26-16-1-3-20-18(10-16)19(29)12-25(34-20)5-7-27(8-6-25)24(31)15-9-23(30)28(13-15)17-2-4-21-22(11-17)33-14-32-21/h1-4,10-11,15H,5-9,12-14H2. The van der Waals surface area contributed by atoms with Gasteiger partial charge < -0.3 is 24.0 Å². The summed E-state index contributed by atoms with van der Waals surface area (Å²) >= 11 is 6.03. The van der Waals surface area contributed by atoms with Crippen molar-refractivity contribution in [2.24, 2.45) is 5.92 Å². The van der Waals surface area contributed by atoms with Crippen LogP contribution >= 0.6 is 11.6 Å². The number of Topliss-reactive ketones (excluding diaryl/α,β-unsaturated/α-hetero) is 1. The number of halogens is 1. The summed E-state index contributed by atoms with van der Waals surface area (Å²) < 4.78 is 17.0. The van der Waals surface area contributed by atoms with E-state index in [1.807, 2.05) is 6.07 Å². The number of piperidine rings is 1. The molecule has 2 amide bonds. The van der Waals surface area contributed by atoms with Gasteiger partial charge in [0.2, 0.25) is 18.6 Å². The van der Waals surface area contributed by atoms with Gasteiger partial charge in [-0.1, -0.05) is 11.6 Å². The number of anilines is 1. The largest absolute Gasteiger partial charge is 0.486 e. The van der Waals surface area contributed by atoms with Crippen molar-refractivity contribution in [3.05, 3.63) is 47.0 Å². The summed E-state index contributed by atoms with van der Waals surface area (Å²) in [4.78, 5) is 42.1. The van der Waals surface area contributed by atoms with Crippen LogP contribution in [0.2, 0.25) is 5.02 Å². The number of amides is 2. The molecule has 9 heteroatoms. The van der Waals surface area contributed by atoms with Gasteiger partial charge in [-0.25, -0.2) is 0 Å². The first-order chi connectivity index (χ1) is 16.4. The minimum atomic E-state index is -0.599. The van der Waals surface area contributed by atoms with Gasteiger partial charge in [-0.2, -0.15) is 0 Å². The van der Waals surface area contributed by atoms with Crippen molar-refractivity contribution >= 4 is 34.9 Å². The molecule has 0 aromatic heterocycles. The van der Waals surface area contributed by atoms with Gasteiger partial charge in [-0.3, -0.25) is 14.4 Å². The zero-order valence-electron chi connectivity index (χ0n) is 18.4. The average molecular weight is 483 g/mol. The maximum atomic E-state index is 13.3. The predicted molar refractivity (Wildman–Crippen MR) is 123 cm³/mol. The molecule has 2 aromatic carbocycles. The molecule has 4 heterocycles. The van der Waals surface area contributed by atoms with Crippen LogP contribution in [0.1, 0.15) is 36.0 Å². The first-order valence-corrected chi connectivity index (χ1v) is 11.8. The summed E-state index contributed by atoms with van der Waals surface area (Å²) in [6.45, 7) is 1.48. The lowest BCUT2D eigenvalue weighted by Gasteiger charge is -2.44. The fourth-order valence-electron chi connectivity index (χ4n) is 5.31. The van der Waals surface area contributed by atoms with E-state index in [0.717, 1.165) is 0 Å². The number of carbonyl (C=O) groups excluding carboxylic acids is 3. The van der Waals surface area contributed by atoms with Crippen molar-refractivity contribution in [3.63, 3.8) is 0 Å². The van der Waals surface area contributed by atoms with E-state index in [1.54, 1.807) is 40.1 Å². The summed E-state index contributed by atoms with van der Waals surface area (Å²) in [5.74, 6) is 1.32. The van der Waals surface area contributed by atoms with Gasteiger partial charge in [-0.05, 0) is 30.3 Å². The molecule has 1 unspecified atom stereocenters. The quantitative estimate of drug-likeness (QED) is 0.651. The zero-order valence-corrected chi connectivity index (χ0v) is 19.2. The third kappa shape index (κ3) is 3.57. The van der Waals surface area contributed by atoms with Gasteiger partial charge in [0.25, 0.3) is 0 Å². The fraction of sp³-hybridized carbons (Fsp3) is 0.400. The number of ketones is 1. The average Bonchev–Trinajstić information content (AvgIpc) is 3.45. The van der Waals surface area contributed by atoms with Gasteiger partial charge in [-0.15, -0.1) is 0 Å². The van der Waals surface area contributed by atoms with Crippen LogP contribution in [0, 0.1) is 5.92 Å². The second-order valence-corrected chi connectivity index (χ2v) is 9.73. The van der Waals surface area contributed by atoms with E-state index < -0.39 is 11.5 Å². The Hall–Kier alpha value is -3.26. The fourth-order valence-corrected chi connectivity index (χ4v) is 5.49. The van der Waals surface area contributed by atoms with Crippen molar-refractivity contribution in [3.8, 4) is 17.2 Å². The highest BCUT2D eigenvalue weighted by molar-refractivity contribution is 6.31. The van der Waals surface area contributed by atoms with Gasteiger partial charge >= 0.3 is 0 Å². The molecule has 4 aliphatic heterocycles. The molecule has 1 spiro atoms. The Morgan fingerprint density at radius 2 is 1.76 bits per heavy atom. The third-order valence-corrected chi connectivity index (χ3v) is 7.41. The molecule has 2 fully saturated rings. The predicted octanol–water partition coefficient (Wildman–Crippen LogP) is 3.45. The number of benzene rings is 2. The van der Waals surface area contributed by atoms with E-state index in [9.17, 15) is 14.4 Å². The number of ether oxygens (including phenoxy) is 3. The van der Waals surface area contributed by atoms with Crippen LogP contribution in [0.25, 0.3) is 0 Å². The minimum Gasteiger partial charge on any atom is -0.486 e. The van der Waals surface area contributed by atoms with Crippen LogP contribution in [0.5, 0.6) is 17.2 Å². The maximum Gasteiger partial charge on any atom is 0.231 e.